The Bertz CT molecular complexity index is 934. The van der Waals surface area contributed by atoms with Crippen LogP contribution in [0.5, 0.6) is 0 Å². The molecule has 2 aliphatic rings. The van der Waals surface area contributed by atoms with Crippen molar-refractivity contribution in [3.05, 3.63) is 70.4 Å². The standard InChI is InChI=1S/C28H36O3/c1-19(11-13-22-25(30)17-27(4,5)18-26(22)31)9-8-10-20(2)12-14-23-21(3)24(29)15-16-28(23,6)7/h8-14H,15-18H2,1-7H3/b9-8+,14-12+,19-11+,20-10+. The van der Waals surface area contributed by atoms with Crippen molar-refractivity contribution < 1.29 is 14.4 Å². The number of hydrogen-bond donors (Lipinski definition) is 0. The summed E-state index contributed by atoms with van der Waals surface area (Å²) < 4.78 is 0. The van der Waals surface area contributed by atoms with Crippen LogP contribution in [0.15, 0.2) is 70.4 Å². The molecule has 0 radical (unpaired) electrons. The first-order valence-electron chi connectivity index (χ1n) is 11.0. The molecule has 0 bridgehead atoms. The lowest BCUT2D eigenvalue weighted by Crippen LogP contribution is -2.31. The molecule has 3 heteroatoms. The van der Waals surface area contributed by atoms with Gasteiger partial charge >= 0.3 is 0 Å². The zero-order valence-electron chi connectivity index (χ0n) is 20.1. The summed E-state index contributed by atoms with van der Waals surface area (Å²) in [7, 11) is 0. The van der Waals surface area contributed by atoms with Gasteiger partial charge in [0.25, 0.3) is 0 Å². The van der Waals surface area contributed by atoms with Crippen molar-refractivity contribution in [3.63, 3.8) is 0 Å². The Morgan fingerprint density at radius 2 is 1.42 bits per heavy atom. The van der Waals surface area contributed by atoms with Gasteiger partial charge in [0.15, 0.2) is 17.3 Å². The zero-order chi connectivity index (χ0) is 23.4. The van der Waals surface area contributed by atoms with E-state index in [1.165, 1.54) is 0 Å². The van der Waals surface area contributed by atoms with E-state index >= 15 is 0 Å². The van der Waals surface area contributed by atoms with E-state index in [9.17, 15) is 14.4 Å². The van der Waals surface area contributed by atoms with Crippen molar-refractivity contribution in [1.82, 2.24) is 0 Å². The van der Waals surface area contributed by atoms with Crippen LogP contribution in [0.4, 0.5) is 0 Å². The molecule has 0 unspecified atom stereocenters. The van der Waals surface area contributed by atoms with E-state index in [-0.39, 0.29) is 28.2 Å². The van der Waals surface area contributed by atoms with Gasteiger partial charge in [-0.05, 0) is 55.2 Å². The highest BCUT2D eigenvalue weighted by molar-refractivity contribution is 6.22. The molecular weight excluding hydrogens is 384 g/mol. The van der Waals surface area contributed by atoms with Gasteiger partial charge in [0.2, 0.25) is 0 Å². The van der Waals surface area contributed by atoms with Gasteiger partial charge in [-0.15, -0.1) is 0 Å². The van der Waals surface area contributed by atoms with Crippen molar-refractivity contribution in [2.45, 2.75) is 74.1 Å². The Kier molecular flexibility index (Phi) is 7.75. The average molecular weight is 421 g/mol. The van der Waals surface area contributed by atoms with Gasteiger partial charge in [0.1, 0.15) is 0 Å². The largest absolute Gasteiger partial charge is 0.295 e. The van der Waals surface area contributed by atoms with Crippen molar-refractivity contribution in [1.29, 1.82) is 0 Å². The normalized spacial score (nSPS) is 22.8. The van der Waals surface area contributed by atoms with E-state index < -0.39 is 0 Å². The quantitative estimate of drug-likeness (QED) is 0.287. The highest BCUT2D eigenvalue weighted by atomic mass is 16.2. The van der Waals surface area contributed by atoms with E-state index in [1.54, 1.807) is 6.08 Å². The summed E-state index contributed by atoms with van der Waals surface area (Å²) in [5, 5.41) is 0. The SMILES string of the molecule is CC1=C(/C=C/C(C)=C/C=C/C(C)=C/C=C2C(=O)CC(C)(C)CC2=O)C(C)(C)CCC1=O. The van der Waals surface area contributed by atoms with Crippen LogP contribution in [-0.4, -0.2) is 17.3 Å². The van der Waals surface area contributed by atoms with Crippen LogP contribution in [0.25, 0.3) is 0 Å². The van der Waals surface area contributed by atoms with Crippen LogP contribution in [-0.2, 0) is 14.4 Å². The molecule has 0 amide bonds. The first kappa shape index (κ1) is 24.7. The molecule has 31 heavy (non-hydrogen) atoms. The highest BCUT2D eigenvalue weighted by Crippen LogP contribution is 2.39. The molecule has 166 valence electrons. The molecule has 0 aromatic heterocycles. The summed E-state index contributed by atoms with van der Waals surface area (Å²) in [6, 6.07) is 0. The predicted octanol–water partition coefficient (Wildman–Crippen LogP) is 6.58. The third-order valence-corrected chi connectivity index (χ3v) is 6.15. The summed E-state index contributed by atoms with van der Waals surface area (Å²) in [5.74, 6) is 0.113. The van der Waals surface area contributed by atoms with Crippen molar-refractivity contribution in [2.75, 3.05) is 0 Å². The molecule has 1 saturated carbocycles. The molecule has 0 heterocycles. The van der Waals surface area contributed by atoms with E-state index in [4.69, 9.17) is 0 Å². The Morgan fingerprint density at radius 1 is 0.839 bits per heavy atom. The zero-order valence-corrected chi connectivity index (χ0v) is 20.1. The van der Waals surface area contributed by atoms with Gasteiger partial charge in [-0.3, -0.25) is 14.4 Å². The molecule has 3 nitrogen and oxygen atoms in total. The average Bonchev–Trinajstić information content (AvgIpc) is 2.63. The highest BCUT2D eigenvalue weighted by Gasteiger charge is 2.35. The fourth-order valence-electron chi connectivity index (χ4n) is 4.11. The molecule has 0 aliphatic heterocycles. The second kappa shape index (κ2) is 9.72. The third-order valence-electron chi connectivity index (χ3n) is 6.15. The first-order valence-corrected chi connectivity index (χ1v) is 11.0. The summed E-state index contributed by atoms with van der Waals surface area (Å²) in [6.07, 6.45) is 15.9. The Labute approximate surface area is 187 Å². The van der Waals surface area contributed by atoms with Crippen LogP contribution in [0, 0.1) is 10.8 Å². The summed E-state index contributed by atoms with van der Waals surface area (Å²) >= 11 is 0. The number of allylic oxidation sites excluding steroid dienone is 12. The minimum atomic E-state index is -0.241. The second-order valence-corrected chi connectivity index (χ2v) is 10.3. The number of ketones is 3. The fraction of sp³-hybridized carbons (Fsp3) is 0.464. The molecule has 1 fully saturated rings. The topological polar surface area (TPSA) is 51.2 Å². The Balaban J connectivity index is 2.07. The predicted molar refractivity (Wildman–Crippen MR) is 128 cm³/mol. The first-order chi connectivity index (χ1) is 14.3. The molecule has 0 saturated heterocycles. The van der Waals surface area contributed by atoms with E-state index in [2.05, 4.69) is 19.9 Å². The number of carbonyl (C=O) groups is 3. The van der Waals surface area contributed by atoms with Gasteiger partial charge in [-0.25, -0.2) is 0 Å². The lowest BCUT2D eigenvalue weighted by molar-refractivity contribution is -0.127. The maximum absolute atomic E-state index is 12.2. The second-order valence-electron chi connectivity index (χ2n) is 10.3. The molecule has 0 spiro atoms. The molecule has 2 aliphatic carbocycles. The van der Waals surface area contributed by atoms with Gasteiger partial charge < -0.3 is 0 Å². The minimum absolute atomic E-state index is 0.0145. The van der Waals surface area contributed by atoms with E-state index in [0.29, 0.717) is 24.8 Å². The maximum Gasteiger partial charge on any atom is 0.166 e. The molecule has 0 aromatic carbocycles. The molecular formula is C28H36O3. The maximum atomic E-state index is 12.2. The lowest BCUT2D eigenvalue weighted by Gasteiger charge is -2.32. The van der Waals surface area contributed by atoms with Crippen LogP contribution >= 0.6 is 0 Å². The summed E-state index contributed by atoms with van der Waals surface area (Å²) in [4.78, 5) is 36.6. The third kappa shape index (κ3) is 6.72. The van der Waals surface area contributed by atoms with Gasteiger partial charge in [-0.1, -0.05) is 75.3 Å². The van der Waals surface area contributed by atoms with E-state index in [1.807, 2.05) is 65.0 Å². The van der Waals surface area contributed by atoms with Crippen LogP contribution in [0.3, 0.4) is 0 Å². The summed E-state index contributed by atoms with van der Waals surface area (Å²) in [6.45, 7) is 14.2. The van der Waals surface area contributed by atoms with E-state index in [0.717, 1.165) is 28.7 Å². The van der Waals surface area contributed by atoms with Gasteiger partial charge in [-0.2, -0.15) is 0 Å². The Hall–Kier alpha value is -2.55. The number of Topliss-reactive ketones (excluding diaryl/α,β-unsaturated/α-hetero) is 3. The van der Waals surface area contributed by atoms with Crippen LogP contribution in [0.2, 0.25) is 0 Å². The van der Waals surface area contributed by atoms with Crippen molar-refractivity contribution in [2.24, 2.45) is 10.8 Å². The smallest absolute Gasteiger partial charge is 0.166 e. The monoisotopic (exact) mass is 420 g/mol. The summed E-state index contributed by atoms with van der Waals surface area (Å²) in [5.41, 5.74) is 4.12. The molecule has 2 rings (SSSR count). The van der Waals surface area contributed by atoms with Crippen LogP contribution < -0.4 is 0 Å². The van der Waals surface area contributed by atoms with Crippen molar-refractivity contribution >= 4 is 17.3 Å². The molecule has 0 N–H and O–H groups in total. The molecule has 0 atom stereocenters. The lowest BCUT2D eigenvalue weighted by atomic mass is 9.72. The fourth-order valence-corrected chi connectivity index (χ4v) is 4.11. The minimum Gasteiger partial charge on any atom is -0.295 e. The number of carbonyl (C=O) groups excluding carboxylic acids is 3. The number of hydrogen-bond acceptors (Lipinski definition) is 3. The number of rotatable bonds is 5. The Morgan fingerprint density at radius 3 is 2.03 bits per heavy atom. The molecule has 0 aromatic rings. The van der Waals surface area contributed by atoms with Gasteiger partial charge in [0, 0.05) is 19.3 Å². The van der Waals surface area contributed by atoms with Crippen LogP contribution in [0.1, 0.15) is 74.1 Å². The van der Waals surface area contributed by atoms with Gasteiger partial charge in [0.05, 0.1) is 5.57 Å². The van der Waals surface area contributed by atoms with Crippen molar-refractivity contribution in [3.8, 4) is 0 Å².